The third kappa shape index (κ3) is 17.6. The number of guanidine groups is 1. The van der Waals surface area contributed by atoms with Gasteiger partial charge in [0.1, 0.15) is 30.8 Å². The number of carbonyl (C=O) groups is 6. The summed E-state index contributed by atoms with van der Waals surface area (Å²) in [5.41, 5.74) is 21.7. The molecule has 1 aliphatic rings. The second-order valence-corrected chi connectivity index (χ2v) is 12.6. The van der Waals surface area contributed by atoms with Crippen molar-refractivity contribution in [2.24, 2.45) is 27.9 Å². The molecule has 1 heterocycles. The Balaban J connectivity index is 2.89. The van der Waals surface area contributed by atoms with Gasteiger partial charge in [-0.05, 0) is 64.5 Å². The van der Waals surface area contributed by atoms with Gasteiger partial charge in [0.25, 0.3) is 5.76 Å². The van der Waals surface area contributed by atoms with E-state index in [-0.39, 0.29) is 44.7 Å². The van der Waals surface area contributed by atoms with E-state index in [0.717, 1.165) is 0 Å². The van der Waals surface area contributed by atoms with Crippen LogP contribution in [0.25, 0.3) is 0 Å². The number of carbonyl (C=O) groups excluding carboxylic acids is 5. The van der Waals surface area contributed by atoms with Crippen molar-refractivity contribution < 1.29 is 72.4 Å². The Hall–Kier alpha value is -4.54. The molecule has 0 fully saturated rings. The van der Waals surface area contributed by atoms with Crippen molar-refractivity contribution >= 4 is 49.4 Å². The van der Waals surface area contributed by atoms with Crippen LogP contribution in [0.5, 0.6) is 0 Å². The van der Waals surface area contributed by atoms with Gasteiger partial charge in [-0.2, -0.15) is 0 Å². The molecule has 0 aromatic heterocycles. The zero-order chi connectivity index (χ0) is 39.4. The van der Waals surface area contributed by atoms with Crippen molar-refractivity contribution in [3.63, 3.8) is 0 Å². The molecule has 1 rings (SSSR count). The van der Waals surface area contributed by atoms with Crippen LogP contribution in [0, 0.1) is 0 Å². The minimum atomic E-state index is -5.26. The van der Waals surface area contributed by atoms with Crippen LogP contribution in [0.4, 0.5) is 0 Å². The van der Waals surface area contributed by atoms with E-state index in [1.54, 1.807) is 0 Å². The first kappa shape index (κ1) is 45.5. The molecule has 0 aromatic rings. The van der Waals surface area contributed by atoms with Gasteiger partial charge >= 0.3 is 25.7 Å². The first-order chi connectivity index (χ1) is 24.4. The highest BCUT2D eigenvalue weighted by atomic mass is 31.2. The van der Waals surface area contributed by atoms with Gasteiger partial charge in [0.05, 0.1) is 6.42 Å². The summed E-state index contributed by atoms with van der Waals surface area (Å²) in [6.45, 7) is -0.170. The lowest BCUT2D eigenvalue weighted by molar-refractivity contribution is -0.155. The summed E-state index contributed by atoms with van der Waals surface area (Å²) in [7, 11) is -5.26. The van der Waals surface area contributed by atoms with Gasteiger partial charge in [0.15, 0.2) is 17.8 Å². The monoisotopic (exact) mass is 768 g/mol. The molecule has 24 heteroatoms. The van der Waals surface area contributed by atoms with Gasteiger partial charge in [-0.25, -0.2) is 14.2 Å². The number of aliphatic carboxylic acids is 1. The molecule has 0 aromatic carbocycles. The Kier molecular flexibility index (Phi) is 20.2. The zero-order valence-electron chi connectivity index (χ0n) is 28.3. The predicted molar refractivity (Wildman–Crippen MR) is 178 cm³/mol. The summed E-state index contributed by atoms with van der Waals surface area (Å²) in [5.74, 6) is -8.73. The summed E-state index contributed by atoms with van der Waals surface area (Å²) in [5, 5.41) is 37.2. The Morgan fingerprint density at radius 3 is 1.94 bits per heavy atom. The fourth-order valence-electron chi connectivity index (χ4n) is 4.57. The highest BCUT2D eigenvalue weighted by molar-refractivity contribution is 7.46. The second kappa shape index (κ2) is 23.1. The minimum Gasteiger partial charge on any atom is -0.505 e. The quantitative estimate of drug-likeness (QED) is 0.0133. The van der Waals surface area contributed by atoms with Gasteiger partial charge in [-0.1, -0.05) is 0 Å². The second-order valence-electron chi connectivity index (χ2n) is 11.5. The van der Waals surface area contributed by atoms with E-state index in [0.29, 0.717) is 32.2 Å². The molecule has 1 aliphatic heterocycles. The van der Waals surface area contributed by atoms with Crippen molar-refractivity contribution in [1.82, 2.24) is 16.0 Å². The summed E-state index contributed by atoms with van der Waals surface area (Å²) in [6, 6.07) is -3.71. The van der Waals surface area contributed by atoms with Crippen molar-refractivity contribution in [1.29, 1.82) is 0 Å². The average molecular weight is 769 g/mol. The third-order valence-electron chi connectivity index (χ3n) is 7.19. The first-order valence-electron chi connectivity index (χ1n) is 16.2. The molecule has 23 nitrogen and oxygen atoms in total. The number of phosphoric ester groups is 1. The van der Waals surface area contributed by atoms with Crippen LogP contribution < -0.4 is 38.9 Å². The molecule has 0 aliphatic carbocycles. The number of unbranched alkanes of at least 4 members (excludes halogenated alkanes) is 2. The summed E-state index contributed by atoms with van der Waals surface area (Å²) in [4.78, 5) is 96.6. The van der Waals surface area contributed by atoms with Crippen LogP contribution in [0.15, 0.2) is 16.5 Å². The van der Waals surface area contributed by atoms with Crippen molar-refractivity contribution in [3.8, 4) is 0 Å². The van der Waals surface area contributed by atoms with Crippen molar-refractivity contribution in [2.45, 2.75) is 94.5 Å². The topological polar surface area (TPSA) is 401 Å². The van der Waals surface area contributed by atoms with Crippen LogP contribution in [0.1, 0.15) is 64.2 Å². The van der Waals surface area contributed by atoms with Gasteiger partial charge in [0, 0.05) is 13.0 Å². The number of nitrogens with one attached hydrogen (secondary N) is 3. The number of aliphatic imine (C=N–C) groups is 1. The summed E-state index contributed by atoms with van der Waals surface area (Å²) < 4.78 is 24.5. The zero-order valence-corrected chi connectivity index (χ0v) is 29.2. The van der Waals surface area contributed by atoms with Crippen molar-refractivity contribution in [3.05, 3.63) is 11.5 Å². The number of cyclic esters (lactones) is 1. The summed E-state index contributed by atoms with van der Waals surface area (Å²) >= 11 is 0. The Bertz CT molecular complexity index is 1350. The molecule has 0 saturated carbocycles. The number of carboxylic acids is 1. The fraction of sp³-hybridized carbons (Fsp3) is 0.679. The number of amides is 3. The predicted octanol–water partition coefficient (Wildman–Crippen LogP) is -3.67. The van der Waals surface area contributed by atoms with Crippen LogP contribution in [-0.2, 0) is 47.3 Å². The maximum atomic E-state index is 13.4. The van der Waals surface area contributed by atoms with Gasteiger partial charge in [0.2, 0.25) is 17.7 Å². The molecule has 0 bridgehead atoms. The Labute approximate surface area is 298 Å². The smallest absolute Gasteiger partial charge is 0.505 e. The van der Waals surface area contributed by atoms with Crippen LogP contribution >= 0.6 is 7.82 Å². The Morgan fingerprint density at radius 2 is 1.40 bits per heavy atom. The number of nitrogens with two attached hydrogens (primary N) is 4. The van der Waals surface area contributed by atoms with E-state index in [2.05, 4.69) is 30.2 Å². The minimum absolute atomic E-state index is 0.00369. The standard InChI is InChI=1S/C28H49N8O15P/c29-11-3-1-6-15(24(41)35-16(8-5-13-33-28(31)32)25(42)36-17(26(43)44)7-2-4-12-30)34-19(38)9-10-20(39)49-14-18(37)22-21(40)23(27(45)50-22)51-52(46,47)48/h15-18,22,37,40H,1-14,29-30H2,(H,34,38)(H,35,41)(H,36,42)(H,43,44)(H4,31,32,33)(H2,46,47,48). The van der Waals surface area contributed by atoms with Gasteiger partial charge in [-0.3, -0.25) is 34.0 Å². The van der Waals surface area contributed by atoms with Crippen LogP contribution in [0.3, 0.4) is 0 Å². The third-order valence-corrected chi connectivity index (χ3v) is 7.61. The van der Waals surface area contributed by atoms with E-state index in [1.165, 1.54) is 0 Å². The number of phosphoric acid groups is 1. The number of esters is 2. The number of carboxylic acid groups (broad SMARTS) is 1. The lowest BCUT2D eigenvalue weighted by Gasteiger charge is -2.24. The molecule has 52 heavy (non-hydrogen) atoms. The first-order valence-corrected chi connectivity index (χ1v) is 17.7. The van der Waals surface area contributed by atoms with Gasteiger partial charge in [-0.15, -0.1) is 0 Å². The van der Waals surface area contributed by atoms with E-state index in [1.807, 2.05) is 0 Å². The summed E-state index contributed by atoms with van der Waals surface area (Å²) in [6.07, 6.45) is -2.64. The van der Waals surface area contributed by atoms with E-state index < -0.39 is 105 Å². The Morgan fingerprint density at radius 1 is 0.865 bits per heavy atom. The molecule has 16 N–H and O–H groups in total. The highest BCUT2D eigenvalue weighted by Crippen LogP contribution is 2.42. The molecule has 0 spiro atoms. The maximum Gasteiger partial charge on any atom is 0.525 e. The number of nitrogens with zero attached hydrogens (tertiary/aromatic N) is 1. The van der Waals surface area contributed by atoms with Gasteiger partial charge < -0.3 is 68.2 Å². The maximum absolute atomic E-state index is 13.4. The largest absolute Gasteiger partial charge is 0.525 e. The normalized spacial score (nSPS) is 16.5. The average Bonchev–Trinajstić information content (AvgIpc) is 3.33. The number of ether oxygens (including phenoxy) is 2. The molecular weight excluding hydrogens is 719 g/mol. The lowest BCUT2D eigenvalue weighted by Crippen LogP contribution is -2.55. The number of aliphatic hydroxyl groups is 2. The molecule has 0 radical (unpaired) electrons. The number of rotatable bonds is 26. The van der Waals surface area contributed by atoms with Crippen molar-refractivity contribution in [2.75, 3.05) is 26.2 Å². The number of hydrogen-bond donors (Lipinski definition) is 12. The molecule has 0 saturated heterocycles. The van der Waals surface area contributed by atoms with E-state index in [9.17, 15) is 48.7 Å². The lowest BCUT2D eigenvalue weighted by atomic mass is 10.0. The van der Waals surface area contributed by atoms with Crippen LogP contribution in [0.2, 0.25) is 0 Å². The number of hydrogen-bond acceptors (Lipinski definition) is 15. The molecule has 296 valence electrons. The van der Waals surface area contributed by atoms with E-state index in [4.69, 9.17) is 37.5 Å². The molecule has 5 atom stereocenters. The highest BCUT2D eigenvalue weighted by Gasteiger charge is 2.43. The molecule has 3 amide bonds. The van der Waals surface area contributed by atoms with Crippen LogP contribution in [-0.4, -0.2) is 123 Å². The fourth-order valence-corrected chi connectivity index (χ4v) is 4.98. The molecule has 5 unspecified atom stereocenters. The van der Waals surface area contributed by atoms with E-state index >= 15 is 0 Å². The number of aliphatic hydroxyl groups excluding tert-OH is 2. The SMILES string of the molecule is NCCCCC(NC(=O)C(CCCN=C(N)N)NC(=O)C(CCCCN)NC(=O)CCC(=O)OCC(O)C1OC(=O)C(OP(=O)(O)O)=C1O)C(=O)O. The molecular formula is C28H49N8O15P.